The lowest BCUT2D eigenvalue weighted by Crippen LogP contribution is -2.31. The van der Waals surface area contributed by atoms with Gasteiger partial charge in [-0.2, -0.15) is 0 Å². The molecular weight excluding hydrogens is 388 g/mol. The van der Waals surface area contributed by atoms with Gasteiger partial charge in [-0.15, -0.1) is 0 Å². The second kappa shape index (κ2) is 13.4. The van der Waals surface area contributed by atoms with Gasteiger partial charge < -0.3 is 25.2 Å². The molecule has 0 radical (unpaired) electrons. The van der Waals surface area contributed by atoms with Crippen LogP contribution in [0.25, 0.3) is 0 Å². The molecule has 0 amide bonds. The van der Waals surface area contributed by atoms with Gasteiger partial charge in [0.05, 0.1) is 6.61 Å². The van der Waals surface area contributed by atoms with Crippen molar-refractivity contribution in [3.63, 3.8) is 0 Å². The first-order valence-corrected chi connectivity index (χ1v) is 10.8. The zero-order chi connectivity index (χ0) is 21.6. The number of benzene rings is 3. The minimum absolute atomic E-state index is 0.245. The standard InChI is InChI=1S/C26H32N2O3/c29-24(20-28-19-23-10-5-2-6-11-23)21-31-26-14-12-25(13-15-26)30-17-7-16-27-18-22-8-3-1-4-9-22/h1-6,8-15,24,27-29H,7,16-21H2. The molecule has 0 spiro atoms. The van der Waals surface area contributed by atoms with Crippen molar-refractivity contribution in [3.8, 4) is 11.5 Å². The third-order valence-corrected chi connectivity index (χ3v) is 4.76. The van der Waals surface area contributed by atoms with Gasteiger partial charge in [-0.05, 0) is 48.4 Å². The summed E-state index contributed by atoms with van der Waals surface area (Å²) >= 11 is 0. The fourth-order valence-electron chi connectivity index (χ4n) is 3.08. The summed E-state index contributed by atoms with van der Waals surface area (Å²) in [5.74, 6) is 1.54. The van der Waals surface area contributed by atoms with Crippen molar-refractivity contribution >= 4 is 0 Å². The highest BCUT2D eigenvalue weighted by atomic mass is 16.5. The largest absolute Gasteiger partial charge is 0.494 e. The molecule has 0 fully saturated rings. The molecule has 31 heavy (non-hydrogen) atoms. The molecular formula is C26H32N2O3. The Morgan fingerprint density at radius 2 is 1.23 bits per heavy atom. The Balaban J connectivity index is 1.24. The van der Waals surface area contributed by atoms with Crippen LogP contribution < -0.4 is 20.1 Å². The highest BCUT2D eigenvalue weighted by molar-refractivity contribution is 5.31. The molecule has 0 bridgehead atoms. The first kappa shape index (κ1) is 22.8. The van der Waals surface area contributed by atoms with Crippen LogP contribution in [0.2, 0.25) is 0 Å². The van der Waals surface area contributed by atoms with Crippen molar-refractivity contribution in [2.45, 2.75) is 25.6 Å². The van der Waals surface area contributed by atoms with E-state index in [9.17, 15) is 5.11 Å². The Morgan fingerprint density at radius 3 is 1.84 bits per heavy atom. The molecule has 3 aromatic rings. The quantitative estimate of drug-likeness (QED) is 0.347. The Bertz CT molecular complexity index is 842. The number of nitrogens with one attached hydrogen (secondary N) is 2. The molecule has 164 valence electrons. The van der Waals surface area contributed by atoms with E-state index >= 15 is 0 Å². The van der Waals surface area contributed by atoms with Gasteiger partial charge >= 0.3 is 0 Å². The lowest BCUT2D eigenvalue weighted by Gasteiger charge is -2.14. The molecule has 0 heterocycles. The Morgan fingerprint density at radius 1 is 0.677 bits per heavy atom. The van der Waals surface area contributed by atoms with Gasteiger partial charge in [0, 0.05) is 19.6 Å². The fourth-order valence-corrected chi connectivity index (χ4v) is 3.08. The molecule has 0 saturated carbocycles. The number of aliphatic hydroxyl groups is 1. The average Bonchev–Trinajstić information content (AvgIpc) is 2.82. The van der Waals surface area contributed by atoms with E-state index < -0.39 is 6.10 Å². The lowest BCUT2D eigenvalue weighted by atomic mass is 10.2. The summed E-state index contributed by atoms with van der Waals surface area (Å²) in [7, 11) is 0. The summed E-state index contributed by atoms with van der Waals surface area (Å²) in [5, 5.41) is 16.7. The van der Waals surface area contributed by atoms with Crippen LogP contribution in [-0.2, 0) is 13.1 Å². The Kier molecular flexibility index (Phi) is 9.90. The maximum absolute atomic E-state index is 10.1. The maximum atomic E-state index is 10.1. The number of ether oxygens (including phenoxy) is 2. The minimum Gasteiger partial charge on any atom is -0.494 e. The van der Waals surface area contributed by atoms with Crippen LogP contribution in [-0.4, -0.2) is 37.5 Å². The van der Waals surface area contributed by atoms with Crippen LogP contribution in [0.4, 0.5) is 0 Å². The SMILES string of the molecule is OC(CNCc1ccccc1)COc1ccc(OCCCNCc2ccccc2)cc1. The van der Waals surface area contributed by atoms with Crippen molar-refractivity contribution in [3.05, 3.63) is 96.1 Å². The number of hydrogen-bond donors (Lipinski definition) is 3. The van der Waals surface area contributed by atoms with E-state index in [4.69, 9.17) is 9.47 Å². The van der Waals surface area contributed by atoms with E-state index in [-0.39, 0.29) is 6.61 Å². The minimum atomic E-state index is -0.567. The zero-order valence-corrected chi connectivity index (χ0v) is 17.9. The summed E-state index contributed by atoms with van der Waals surface area (Å²) in [5.41, 5.74) is 2.48. The molecule has 0 aliphatic rings. The van der Waals surface area contributed by atoms with E-state index in [2.05, 4.69) is 47.0 Å². The summed E-state index contributed by atoms with van der Waals surface area (Å²) in [6.45, 7) is 3.90. The van der Waals surface area contributed by atoms with Crippen molar-refractivity contribution in [1.82, 2.24) is 10.6 Å². The van der Waals surface area contributed by atoms with Gasteiger partial charge in [0.1, 0.15) is 24.2 Å². The lowest BCUT2D eigenvalue weighted by molar-refractivity contribution is 0.106. The van der Waals surface area contributed by atoms with Crippen LogP contribution in [0, 0.1) is 0 Å². The van der Waals surface area contributed by atoms with Crippen molar-refractivity contribution in [1.29, 1.82) is 0 Å². The summed E-state index contributed by atoms with van der Waals surface area (Å²) in [6, 6.07) is 28.0. The molecule has 3 N–H and O–H groups in total. The topological polar surface area (TPSA) is 62.8 Å². The monoisotopic (exact) mass is 420 g/mol. The van der Waals surface area contributed by atoms with E-state index in [1.165, 1.54) is 11.1 Å². The van der Waals surface area contributed by atoms with Gasteiger partial charge in [-0.25, -0.2) is 0 Å². The molecule has 5 heteroatoms. The second-order valence-corrected chi connectivity index (χ2v) is 7.42. The third kappa shape index (κ3) is 9.22. The van der Waals surface area contributed by atoms with E-state index in [1.54, 1.807) is 0 Å². The van der Waals surface area contributed by atoms with Crippen molar-refractivity contribution in [2.24, 2.45) is 0 Å². The van der Waals surface area contributed by atoms with Gasteiger partial charge in [0.2, 0.25) is 0 Å². The highest BCUT2D eigenvalue weighted by Gasteiger charge is 2.05. The molecule has 3 aromatic carbocycles. The molecule has 0 saturated heterocycles. The fraction of sp³-hybridized carbons (Fsp3) is 0.308. The molecule has 5 nitrogen and oxygen atoms in total. The highest BCUT2D eigenvalue weighted by Crippen LogP contribution is 2.17. The van der Waals surface area contributed by atoms with Crippen LogP contribution in [0.1, 0.15) is 17.5 Å². The summed E-state index contributed by atoms with van der Waals surface area (Å²) in [4.78, 5) is 0. The smallest absolute Gasteiger partial charge is 0.119 e. The van der Waals surface area contributed by atoms with Crippen LogP contribution in [0.3, 0.4) is 0 Å². The molecule has 0 aliphatic carbocycles. The van der Waals surface area contributed by atoms with Crippen LogP contribution in [0.5, 0.6) is 11.5 Å². The van der Waals surface area contributed by atoms with Crippen LogP contribution >= 0.6 is 0 Å². The van der Waals surface area contributed by atoms with E-state index in [0.717, 1.165) is 37.6 Å². The zero-order valence-electron chi connectivity index (χ0n) is 17.9. The van der Waals surface area contributed by atoms with Crippen LogP contribution in [0.15, 0.2) is 84.9 Å². The molecule has 0 aromatic heterocycles. The Hall–Kier alpha value is -2.86. The van der Waals surface area contributed by atoms with E-state index in [1.807, 2.05) is 48.5 Å². The first-order chi connectivity index (χ1) is 15.3. The van der Waals surface area contributed by atoms with Gasteiger partial charge in [0.15, 0.2) is 0 Å². The van der Waals surface area contributed by atoms with Gasteiger partial charge in [0.25, 0.3) is 0 Å². The first-order valence-electron chi connectivity index (χ1n) is 10.8. The van der Waals surface area contributed by atoms with E-state index in [0.29, 0.717) is 13.2 Å². The summed E-state index contributed by atoms with van der Waals surface area (Å²) in [6.07, 6.45) is 0.371. The molecule has 3 rings (SSSR count). The van der Waals surface area contributed by atoms with Gasteiger partial charge in [-0.3, -0.25) is 0 Å². The van der Waals surface area contributed by atoms with Crippen molar-refractivity contribution in [2.75, 3.05) is 26.3 Å². The third-order valence-electron chi connectivity index (χ3n) is 4.76. The predicted molar refractivity (Wildman–Crippen MR) is 124 cm³/mol. The molecule has 0 aliphatic heterocycles. The van der Waals surface area contributed by atoms with Gasteiger partial charge in [-0.1, -0.05) is 60.7 Å². The number of aliphatic hydroxyl groups excluding tert-OH is 1. The Labute approximate surface area is 185 Å². The molecule has 1 atom stereocenters. The maximum Gasteiger partial charge on any atom is 0.119 e. The normalized spacial score (nSPS) is 11.8. The predicted octanol–water partition coefficient (Wildman–Crippen LogP) is 3.77. The average molecular weight is 421 g/mol. The number of rotatable bonds is 14. The van der Waals surface area contributed by atoms with Crippen molar-refractivity contribution < 1.29 is 14.6 Å². The second-order valence-electron chi connectivity index (χ2n) is 7.42. The number of hydrogen-bond acceptors (Lipinski definition) is 5. The molecule has 1 unspecified atom stereocenters. The summed E-state index contributed by atoms with van der Waals surface area (Å²) < 4.78 is 11.4.